The molecule has 1 aliphatic heterocycles. The summed E-state index contributed by atoms with van der Waals surface area (Å²) in [6.45, 7) is 0.245. The summed E-state index contributed by atoms with van der Waals surface area (Å²) in [5.74, 6) is -0.871. The van der Waals surface area contributed by atoms with Gasteiger partial charge in [0.25, 0.3) is 0 Å². The van der Waals surface area contributed by atoms with Crippen LogP contribution in [0.25, 0.3) is 0 Å². The monoisotopic (exact) mass is 288 g/mol. The fourth-order valence-electron chi connectivity index (χ4n) is 2.55. The molecule has 0 saturated heterocycles. The molecule has 2 aromatic rings. The van der Waals surface area contributed by atoms with E-state index in [2.05, 4.69) is 0 Å². The van der Waals surface area contributed by atoms with Crippen molar-refractivity contribution in [3.63, 3.8) is 0 Å². The zero-order chi connectivity index (χ0) is 15.0. The zero-order valence-corrected chi connectivity index (χ0v) is 11.3. The van der Waals surface area contributed by atoms with Gasteiger partial charge in [0.2, 0.25) is 5.91 Å². The average molecular weight is 288 g/mol. The molecule has 3 rings (SSSR count). The molecular weight excluding hydrogens is 274 g/mol. The number of benzene rings is 2. The Bertz CT molecular complexity index is 715. The van der Waals surface area contributed by atoms with Crippen LogP contribution in [0.3, 0.4) is 0 Å². The van der Waals surface area contributed by atoms with E-state index in [1.165, 1.54) is 24.3 Å². The van der Waals surface area contributed by atoms with Gasteiger partial charge in [0.05, 0.1) is 12.2 Å². The highest BCUT2D eigenvalue weighted by Gasteiger charge is 2.24. The summed E-state index contributed by atoms with van der Waals surface area (Å²) in [5.41, 5.74) is 7.65. The predicted octanol–water partition coefficient (Wildman–Crippen LogP) is 3.03. The topological polar surface area (TPSA) is 46.3 Å². The molecule has 1 amide bonds. The molecule has 108 valence electrons. The Balaban J connectivity index is 1.94. The van der Waals surface area contributed by atoms with Crippen LogP contribution in [0, 0.1) is 11.6 Å². The highest BCUT2D eigenvalue weighted by molar-refractivity contribution is 5.96. The Morgan fingerprint density at radius 3 is 2.67 bits per heavy atom. The minimum absolute atomic E-state index is 0.0497. The number of nitrogen functional groups attached to an aromatic ring is 1. The Morgan fingerprint density at radius 1 is 1.10 bits per heavy atom. The number of nitrogens with two attached hydrogens (primary N) is 1. The molecule has 1 heterocycles. The summed E-state index contributed by atoms with van der Waals surface area (Å²) in [7, 11) is 0. The van der Waals surface area contributed by atoms with Gasteiger partial charge in [-0.05, 0) is 47.9 Å². The molecular formula is C16H14F2N2O. The third-order valence-electron chi connectivity index (χ3n) is 3.65. The molecule has 0 aromatic heterocycles. The van der Waals surface area contributed by atoms with Gasteiger partial charge in [0.1, 0.15) is 11.6 Å². The summed E-state index contributed by atoms with van der Waals surface area (Å²) in [5, 5.41) is 0. The molecule has 21 heavy (non-hydrogen) atoms. The SMILES string of the molecule is Nc1ccc(CN2C(=O)CCc3cc(F)ccc32)cc1F. The van der Waals surface area contributed by atoms with Crippen molar-refractivity contribution in [1.29, 1.82) is 0 Å². The van der Waals surface area contributed by atoms with Gasteiger partial charge >= 0.3 is 0 Å². The van der Waals surface area contributed by atoms with E-state index in [-0.39, 0.29) is 24.0 Å². The number of aryl methyl sites for hydroxylation is 1. The van der Waals surface area contributed by atoms with E-state index in [9.17, 15) is 13.6 Å². The number of anilines is 2. The van der Waals surface area contributed by atoms with Crippen LogP contribution >= 0.6 is 0 Å². The molecule has 0 saturated carbocycles. The van der Waals surface area contributed by atoms with Crippen LogP contribution in [0.1, 0.15) is 17.5 Å². The van der Waals surface area contributed by atoms with Crippen molar-refractivity contribution in [2.24, 2.45) is 0 Å². The van der Waals surface area contributed by atoms with Gasteiger partial charge in [-0.1, -0.05) is 6.07 Å². The largest absolute Gasteiger partial charge is 0.396 e. The molecule has 2 aromatic carbocycles. The fourth-order valence-corrected chi connectivity index (χ4v) is 2.55. The first kappa shape index (κ1) is 13.5. The van der Waals surface area contributed by atoms with Gasteiger partial charge in [0.15, 0.2) is 0 Å². The van der Waals surface area contributed by atoms with E-state index >= 15 is 0 Å². The maximum Gasteiger partial charge on any atom is 0.227 e. The average Bonchev–Trinajstić information content (AvgIpc) is 2.46. The number of rotatable bonds is 2. The molecule has 0 spiro atoms. The van der Waals surface area contributed by atoms with Crippen LogP contribution in [0.15, 0.2) is 36.4 Å². The summed E-state index contributed by atoms with van der Waals surface area (Å²) in [4.78, 5) is 13.7. The lowest BCUT2D eigenvalue weighted by Gasteiger charge is -2.29. The first-order valence-corrected chi connectivity index (χ1v) is 6.67. The van der Waals surface area contributed by atoms with Crippen LogP contribution in [0.2, 0.25) is 0 Å². The van der Waals surface area contributed by atoms with Gasteiger partial charge < -0.3 is 10.6 Å². The smallest absolute Gasteiger partial charge is 0.227 e. The first-order chi connectivity index (χ1) is 10.0. The number of halogens is 2. The van der Waals surface area contributed by atoms with Crippen molar-refractivity contribution >= 4 is 17.3 Å². The molecule has 0 radical (unpaired) electrons. The number of fused-ring (bicyclic) bond motifs is 1. The Labute approximate surface area is 121 Å². The maximum absolute atomic E-state index is 13.5. The van der Waals surface area contributed by atoms with Crippen LogP contribution in [-0.4, -0.2) is 5.91 Å². The van der Waals surface area contributed by atoms with Crippen molar-refractivity contribution < 1.29 is 13.6 Å². The quantitative estimate of drug-likeness (QED) is 0.863. The summed E-state index contributed by atoms with van der Waals surface area (Å²) in [6.07, 6.45) is 0.854. The number of nitrogens with zero attached hydrogens (tertiary/aromatic N) is 1. The minimum Gasteiger partial charge on any atom is -0.396 e. The molecule has 5 heteroatoms. The third kappa shape index (κ3) is 2.59. The zero-order valence-electron chi connectivity index (χ0n) is 11.3. The lowest BCUT2D eigenvalue weighted by molar-refractivity contribution is -0.119. The third-order valence-corrected chi connectivity index (χ3v) is 3.65. The number of amides is 1. The molecule has 0 fully saturated rings. The maximum atomic E-state index is 13.5. The number of carbonyl (C=O) groups is 1. The lowest BCUT2D eigenvalue weighted by atomic mass is 10.00. The summed E-state index contributed by atoms with van der Waals surface area (Å²) in [6, 6.07) is 8.84. The first-order valence-electron chi connectivity index (χ1n) is 6.67. The van der Waals surface area contributed by atoms with Gasteiger partial charge in [-0.2, -0.15) is 0 Å². The van der Waals surface area contributed by atoms with Gasteiger partial charge in [0, 0.05) is 12.1 Å². The fraction of sp³-hybridized carbons (Fsp3) is 0.188. The summed E-state index contributed by atoms with van der Waals surface area (Å²) >= 11 is 0. The molecule has 0 unspecified atom stereocenters. The van der Waals surface area contributed by atoms with E-state index < -0.39 is 5.82 Å². The molecule has 0 aliphatic carbocycles. The summed E-state index contributed by atoms with van der Waals surface area (Å²) < 4.78 is 26.8. The number of hydrogen-bond acceptors (Lipinski definition) is 2. The van der Waals surface area contributed by atoms with Crippen LogP contribution < -0.4 is 10.6 Å². The van der Waals surface area contributed by atoms with E-state index in [1.807, 2.05) is 0 Å². The standard InChI is InChI=1S/C16H14F2N2O/c17-12-3-5-15-11(8-12)2-6-16(21)20(15)9-10-1-4-14(19)13(18)7-10/h1,3-5,7-8H,2,6,9,19H2. The van der Waals surface area contributed by atoms with Gasteiger partial charge in [-0.3, -0.25) is 4.79 Å². The minimum atomic E-state index is -0.503. The van der Waals surface area contributed by atoms with E-state index in [4.69, 9.17) is 5.73 Å². The molecule has 3 nitrogen and oxygen atoms in total. The van der Waals surface area contributed by atoms with E-state index in [0.717, 1.165) is 5.56 Å². The van der Waals surface area contributed by atoms with Crippen molar-refractivity contribution in [2.45, 2.75) is 19.4 Å². The van der Waals surface area contributed by atoms with Gasteiger partial charge in [-0.15, -0.1) is 0 Å². The van der Waals surface area contributed by atoms with Crippen LogP contribution in [0.4, 0.5) is 20.2 Å². The van der Waals surface area contributed by atoms with Crippen LogP contribution in [0.5, 0.6) is 0 Å². The highest BCUT2D eigenvalue weighted by atomic mass is 19.1. The van der Waals surface area contributed by atoms with Crippen molar-refractivity contribution in [2.75, 3.05) is 10.6 Å². The second kappa shape index (κ2) is 5.16. The van der Waals surface area contributed by atoms with E-state index in [1.54, 1.807) is 17.0 Å². The Hall–Kier alpha value is -2.43. The number of carbonyl (C=O) groups excluding carboxylic acids is 1. The Kier molecular flexibility index (Phi) is 3.33. The second-order valence-electron chi connectivity index (χ2n) is 5.11. The van der Waals surface area contributed by atoms with Crippen molar-refractivity contribution in [3.8, 4) is 0 Å². The second-order valence-corrected chi connectivity index (χ2v) is 5.11. The molecule has 1 aliphatic rings. The highest BCUT2D eigenvalue weighted by Crippen LogP contribution is 2.30. The lowest BCUT2D eigenvalue weighted by Crippen LogP contribution is -2.34. The number of hydrogen-bond donors (Lipinski definition) is 1. The Morgan fingerprint density at radius 2 is 1.90 bits per heavy atom. The molecule has 0 atom stereocenters. The predicted molar refractivity (Wildman–Crippen MR) is 76.7 cm³/mol. The molecule has 0 bridgehead atoms. The van der Waals surface area contributed by atoms with Gasteiger partial charge in [-0.25, -0.2) is 8.78 Å². The van der Waals surface area contributed by atoms with Crippen molar-refractivity contribution in [1.82, 2.24) is 0 Å². The van der Waals surface area contributed by atoms with E-state index in [0.29, 0.717) is 24.1 Å². The molecule has 2 N–H and O–H groups in total. The van der Waals surface area contributed by atoms with Crippen molar-refractivity contribution in [3.05, 3.63) is 59.2 Å². The van der Waals surface area contributed by atoms with Crippen LogP contribution in [-0.2, 0) is 17.8 Å². The normalized spacial score (nSPS) is 14.2.